The highest BCUT2D eigenvalue weighted by Gasteiger charge is 2.30. The Bertz CT molecular complexity index is 1310. The lowest BCUT2D eigenvalue weighted by molar-refractivity contribution is -0.117. The normalized spacial score (nSPS) is 13.3. The third kappa shape index (κ3) is 4.54. The monoisotopic (exact) mass is 543 g/mol. The minimum atomic E-state index is 0.0186. The number of aromatic nitrogens is 5. The van der Waals surface area contributed by atoms with Crippen molar-refractivity contribution in [1.82, 2.24) is 24.4 Å². The van der Waals surface area contributed by atoms with Crippen LogP contribution in [-0.4, -0.2) is 30.3 Å². The van der Waals surface area contributed by atoms with Gasteiger partial charge >= 0.3 is 0 Å². The highest BCUT2D eigenvalue weighted by molar-refractivity contribution is 14.1. The summed E-state index contributed by atoms with van der Waals surface area (Å²) in [5, 5.41) is 15.1. The van der Waals surface area contributed by atoms with Gasteiger partial charge in [0.2, 0.25) is 11.8 Å². The Balaban J connectivity index is 1.30. The molecule has 0 spiro atoms. The molecule has 3 aromatic heterocycles. The number of amides is 1. The van der Waals surface area contributed by atoms with Crippen molar-refractivity contribution in [2.45, 2.75) is 26.3 Å². The maximum atomic E-state index is 12.0. The number of fused-ring (bicyclic) bond motifs is 1. The molecule has 10 heteroatoms. The first kappa shape index (κ1) is 20.7. The van der Waals surface area contributed by atoms with E-state index >= 15 is 0 Å². The largest absolute Gasteiger partial charge is 0.438 e. The lowest BCUT2D eigenvalue weighted by Gasteiger charge is -2.11. The SMILES string of the molecule is Cc1cc(CNc2cc(Oc3ccc4nc(NC(=O)C5CC5)cn4n3)ccc2I)n(C)n1. The molecule has 3 heterocycles. The van der Waals surface area contributed by atoms with Crippen LogP contribution in [0, 0.1) is 16.4 Å². The van der Waals surface area contributed by atoms with Gasteiger partial charge in [0, 0.05) is 28.7 Å². The van der Waals surface area contributed by atoms with Gasteiger partial charge in [-0.15, -0.1) is 5.10 Å². The lowest BCUT2D eigenvalue weighted by Crippen LogP contribution is -2.13. The number of halogens is 1. The quantitative estimate of drug-likeness (QED) is 0.341. The molecule has 1 fully saturated rings. The third-order valence-electron chi connectivity index (χ3n) is 5.21. The number of carbonyl (C=O) groups excluding carboxylic acids is 1. The molecule has 0 atom stereocenters. The number of hydrogen-bond acceptors (Lipinski definition) is 6. The summed E-state index contributed by atoms with van der Waals surface area (Å²) >= 11 is 2.29. The molecule has 0 radical (unpaired) electrons. The molecule has 1 aromatic carbocycles. The summed E-state index contributed by atoms with van der Waals surface area (Å²) in [5.41, 5.74) is 3.70. The van der Waals surface area contributed by atoms with Crippen molar-refractivity contribution in [2.24, 2.45) is 13.0 Å². The average molecular weight is 543 g/mol. The smallest absolute Gasteiger partial charge is 0.237 e. The number of rotatable bonds is 7. The number of carbonyl (C=O) groups is 1. The number of benzene rings is 1. The zero-order valence-electron chi connectivity index (χ0n) is 17.7. The van der Waals surface area contributed by atoms with E-state index in [-0.39, 0.29) is 11.8 Å². The molecule has 2 N–H and O–H groups in total. The van der Waals surface area contributed by atoms with Gasteiger partial charge in [-0.05, 0) is 66.6 Å². The van der Waals surface area contributed by atoms with Gasteiger partial charge in [-0.3, -0.25) is 9.48 Å². The summed E-state index contributed by atoms with van der Waals surface area (Å²) in [7, 11) is 1.94. The number of nitrogens with one attached hydrogen (secondary N) is 2. The molecule has 32 heavy (non-hydrogen) atoms. The Labute approximate surface area is 198 Å². The molecule has 164 valence electrons. The van der Waals surface area contributed by atoms with Gasteiger partial charge in [0.25, 0.3) is 0 Å². The molecule has 4 aromatic rings. The summed E-state index contributed by atoms with van der Waals surface area (Å²) in [4.78, 5) is 16.4. The third-order valence-corrected chi connectivity index (χ3v) is 6.15. The Morgan fingerprint density at radius 3 is 2.81 bits per heavy atom. The molecule has 1 aliphatic rings. The van der Waals surface area contributed by atoms with E-state index in [0.29, 0.717) is 29.6 Å². The fraction of sp³-hybridized carbons (Fsp3) is 0.273. The van der Waals surface area contributed by atoms with Gasteiger partial charge in [0.15, 0.2) is 11.5 Å². The second-order valence-corrected chi connectivity index (χ2v) is 9.02. The van der Waals surface area contributed by atoms with E-state index in [1.807, 2.05) is 42.9 Å². The van der Waals surface area contributed by atoms with E-state index in [0.717, 1.165) is 33.5 Å². The number of nitrogens with zero attached hydrogens (tertiary/aromatic N) is 5. The Hall–Kier alpha value is -3.15. The van der Waals surface area contributed by atoms with Crippen LogP contribution < -0.4 is 15.4 Å². The number of imidazole rings is 1. The van der Waals surface area contributed by atoms with Crippen LogP contribution in [0.15, 0.2) is 42.6 Å². The number of anilines is 2. The van der Waals surface area contributed by atoms with Crippen molar-refractivity contribution >= 4 is 45.7 Å². The average Bonchev–Trinajstić information content (AvgIpc) is 3.46. The molecule has 1 saturated carbocycles. The van der Waals surface area contributed by atoms with E-state index in [1.54, 1.807) is 16.8 Å². The second kappa shape index (κ2) is 8.41. The molecule has 0 bridgehead atoms. The maximum absolute atomic E-state index is 12.0. The zero-order chi connectivity index (χ0) is 22.2. The van der Waals surface area contributed by atoms with Crippen LogP contribution in [0.1, 0.15) is 24.2 Å². The number of aryl methyl sites for hydroxylation is 2. The van der Waals surface area contributed by atoms with Crippen molar-refractivity contribution in [3.63, 3.8) is 0 Å². The van der Waals surface area contributed by atoms with E-state index < -0.39 is 0 Å². The van der Waals surface area contributed by atoms with Crippen molar-refractivity contribution in [3.05, 3.63) is 57.6 Å². The summed E-state index contributed by atoms with van der Waals surface area (Å²) < 4.78 is 10.6. The molecule has 9 nitrogen and oxygen atoms in total. The molecule has 0 unspecified atom stereocenters. The van der Waals surface area contributed by atoms with Crippen molar-refractivity contribution in [3.8, 4) is 11.6 Å². The minimum absolute atomic E-state index is 0.0186. The molecule has 0 saturated heterocycles. The summed E-state index contributed by atoms with van der Waals surface area (Å²) in [5.74, 6) is 1.74. The van der Waals surface area contributed by atoms with Crippen LogP contribution in [0.3, 0.4) is 0 Å². The first-order valence-electron chi connectivity index (χ1n) is 10.3. The van der Waals surface area contributed by atoms with Gasteiger partial charge in [0.1, 0.15) is 5.75 Å². The minimum Gasteiger partial charge on any atom is -0.438 e. The lowest BCUT2D eigenvalue weighted by atomic mass is 10.3. The van der Waals surface area contributed by atoms with E-state index in [2.05, 4.69) is 54.5 Å². The predicted molar refractivity (Wildman–Crippen MR) is 129 cm³/mol. The molecule has 1 amide bonds. The van der Waals surface area contributed by atoms with Crippen molar-refractivity contribution in [2.75, 3.05) is 10.6 Å². The van der Waals surface area contributed by atoms with Gasteiger partial charge in [-0.1, -0.05) is 0 Å². The summed E-state index contributed by atoms with van der Waals surface area (Å²) in [6.07, 6.45) is 3.59. The van der Waals surface area contributed by atoms with Crippen molar-refractivity contribution in [1.29, 1.82) is 0 Å². The Kier molecular flexibility index (Phi) is 5.45. The fourth-order valence-electron chi connectivity index (χ4n) is 3.39. The highest BCUT2D eigenvalue weighted by atomic mass is 127. The van der Waals surface area contributed by atoms with Gasteiger partial charge in [-0.2, -0.15) is 5.10 Å². The van der Waals surface area contributed by atoms with Crippen LogP contribution in [0.25, 0.3) is 5.65 Å². The molecule has 0 aliphatic heterocycles. The van der Waals surface area contributed by atoms with Gasteiger partial charge in [0.05, 0.1) is 29.8 Å². The van der Waals surface area contributed by atoms with E-state index in [4.69, 9.17) is 4.74 Å². The topological polar surface area (TPSA) is 98.4 Å². The van der Waals surface area contributed by atoms with E-state index in [9.17, 15) is 4.79 Å². The summed E-state index contributed by atoms with van der Waals surface area (Å²) in [6, 6.07) is 11.5. The fourth-order valence-corrected chi connectivity index (χ4v) is 3.92. The van der Waals surface area contributed by atoms with Crippen LogP contribution in [-0.2, 0) is 18.4 Å². The first-order valence-corrected chi connectivity index (χ1v) is 11.4. The zero-order valence-corrected chi connectivity index (χ0v) is 19.8. The number of hydrogen-bond donors (Lipinski definition) is 2. The Morgan fingerprint density at radius 1 is 1.22 bits per heavy atom. The van der Waals surface area contributed by atoms with Gasteiger partial charge < -0.3 is 15.4 Å². The van der Waals surface area contributed by atoms with Crippen LogP contribution >= 0.6 is 22.6 Å². The molecule has 5 rings (SSSR count). The van der Waals surface area contributed by atoms with E-state index in [1.165, 1.54) is 0 Å². The van der Waals surface area contributed by atoms with Crippen LogP contribution in [0.4, 0.5) is 11.5 Å². The number of ether oxygens (including phenoxy) is 1. The van der Waals surface area contributed by atoms with Crippen LogP contribution in [0.5, 0.6) is 11.6 Å². The predicted octanol–water partition coefficient (Wildman–Crippen LogP) is 4.13. The van der Waals surface area contributed by atoms with Gasteiger partial charge in [-0.25, -0.2) is 9.50 Å². The second-order valence-electron chi connectivity index (χ2n) is 7.86. The maximum Gasteiger partial charge on any atom is 0.237 e. The Morgan fingerprint density at radius 2 is 2.06 bits per heavy atom. The molecule has 1 aliphatic carbocycles. The highest BCUT2D eigenvalue weighted by Crippen LogP contribution is 2.30. The first-order chi connectivity index (χ1) is 15.4. The standard InChI is InChI=1S/C22H22IN7O2/c1-13-9-15(29(2)27-13)11-24-18-10-16(5-6-17(18)23)32-21-8-7-20-25-19(12-30(20)28-21)26-22(31)14-3-4-14/h5-10,12,14,24H,3-4,11H2,1-2H3,(H,26,31). The molecular formula is C22H22IN7O2. The summed E-state index contributed by atoms with van der Waals surface area (Å²) in [6.45, 7) is 2.64. The van der Waals surface area contributed by atoms with Crippen LogP contribution in [0.2, 0.25) is 0 Å². The van der Waals surface area contributed by atoms with Crippen molar-refractivity contribution < 1.29 is 9.53 Å². The molecular weight excluding hydrogens is 521 g/mol.